The molecule has 0 aliphatic heterocycles. The molecule has 0 fully saturated rings. The second kappa shape index (κ2) is 5.95. The Morgan fingerprint density at radius 3 is 2.83 bits per heavy atom. The Kier molecular flexibility index (Phi) is 3.96. The summed E-state index contributed by atoms with van der Waals surface area (Å²) in [5.74, 6) is 6.72. The van der Waals surface area contributed by atoms with Crippen LogP contribution in [0.2, 0.25) is 0 Å². The van der Waals surface area contributed by atoms with E-state index in [-0.39, 0.29) is 5.95 Å². The standard InChI is InChI=1S/C18H19N5O/c1-4-18(3,24)7-5-14-10-15-13(11-20-14)6-8-23(15)16-9-12(2)21-17(19)22-16/h6,8-11,24H,4H2,1-3H3,(H2,19,21,22)/t18-/m0/s1. The molecule has 0 spiro atoms. The van der Waals surface area contributed by atoms with Gasteiger partial charge in [-0.3, -0.25) is 0 Å². The van der Waals surface area contributed by atoms with E-state index in [0.717, 1.165) is 16.6 Å². The molecule has 0 aliphatic carbocycles. The number of pyridine rings is 1. The van der Waals surface area contributed by atoms with Crippen molar-refractivity contribution in [3.63, 3.8) is 0 Å². The number of nitrogen functional groups attached to an aromatic ring is 1. The molecule has 0 saturated carbocycles. The largest absolute Gasteiger partial charge is 0.378 e. The van der Waals surface area contributed by atoms with Crippen LogP contribution in [-0.2, 0) is 0 Å². The molecule has 122 valence electrons. The Balaban J connectivity index is 2.09. The highest BCUT2D eigenvalue weighted by molar-refractivity contribution is 5.81. The lowest BCUT2D eigenvalue weighted by Crippen LogP contribution is -2.19. The minimum atomic E-state index is -1.02. The maximum atomic E-state index is 10.0. The lowest BCUT2D eigenvalue weighted by atomic mass is 10.0. The van der Waals surface area contributed by atoms with Crippen molar-refractivity contribution in [1.82, 2.24) is 19.5 Å². The van der Waals surface area contributed by atoms with Crippen LogP contribution in [-0.4, -0.2) is 30.2 Å². The first-order valence-corrected chi connectivity index (χ1v) is 7.72. The summed E-state index contributed by atoms with van der Waals surface area (Å²) in [7, 11) is 0. The molecule has 3 rings (SSSR count). The van der Waals surface area contributed by atoms with Crippen LogP contribution in [0.5, 0.6) is 0 Å². The van der Waals surface area contributed by atoms with Gasteiger partial charge in [0.2, 0.25) is 5.95 Å². The van der Waals surface area contributed by atoms with E-state index >= 15 is 0 Å². The van der Waals surface area contributed by atoms with Crippen molar-refractivity contribution in [2.24, 2.45) is 0 Å². The number of aliphatic hydroxyl groups is 1. The minimum Gasteiger partial charge on any atom is -0.378 e. The lowest BCUT2D eigenvalue weighted by molar-refractivity contribution is 0.118. The maximum Gasteiger partial charge on any atom is 0.222 e. The molecule has 0 aromatic carbocycles. The lowest BCUT2D eigenvalue weighted by Gasteiger charge is -2.11. The monoisotopic (exact) mass is 321 g/mol. The summed E-state index contributed by atoms with van der Waals surface area (Å²) in [5, 5.41) is 11.0. The van der Waals surface area contributed by atoms with Crippen LogP contribution in [0, 0.1) is 18.8 Å². The molecule has 3 aromatic heterocycles. The van der Waals surface area contributed by atoms with Crippen molar-refractivity contribution in [1.29, 1.82) is 0 Å². The minimum absolute atomic E-state index is 0.236. The molecule has 3 N–H and O–H groups in total. The molecule has 0 amide bonds. The second-order valence-electron chi connectivity index (χ2n) is 5.92. The Labute approximate surface area is 140 Å². The highest BCUT2D eigenvalue weighted by Gasteiger charge is 2.13. The molecule has 3 heterocycles. The average molecular weight is 321 g/mol. The van der Waals surface area contributed by atoms with Gasteiger partial charge in [-0.2, -0.15) is 4.98 Å². The first kappa shape index (κ1) is 16.0. The smallest absolute Gasteiger partial charge is 0.222 e. The van der Waals surface area contributed by atoms with Crippen molar-refractivity contribution in [3.8, 4) is 17.7 Å². The van der Waals surface area contributed by atoms with E-state index in [9.17, 15) is 5.11 Å². The number of nitrogens with two attached hydrogens (primary N) is 1. The molecular weight excluding hydrogens is 302 g/mol. The molecule has 0 unspecified atom stereocenters. The number of hydrogen-bond donors (Lipinski definition) is 2. The summed E-state index contributed by atoms with van der Waals surface area (Å²) >= 11 is 0. The maximum absolute atomic E-state index is 10.0. The topological polar surface area (TPSA) is 89.8 Å². The fourth-order valence-corrected chi connectivity index (χ4v) is 2.28. The highest BCUT2D eigenvalue weighted by atomic mass is 16.3. The molecule has 6 heteroatoms. The van der Waals surface area contributed by atoms with E-state index in [1.807, 2.05) is 42.8 Å². The first-order chi connectivity index (χ1) is 11.4. The van der Waals surface area contributed by atoms with E-state index in [0.29, 0.717) is 17.9 Å². The van der Waals surface area contributed by atoms with E-state index in [1.165, 1.54) is 0 Å². The third-order valence-corrected chi connectivity index (χ3v) is 3.83. The van der Waals surface area contributed by atoms with Crippen molar-refractivity contribution >= 4 is 16.9 Å². The van der Waals surface area contributed by atoms with E-state index in [4.69, 9.17) is 5.73 Å². The number of aromatic nitrogens is 4. The zero-order chi connectivity index (χ0) is 17.3. The number of nitrogens with zero attached hydrogens (tertiary/aromatic N) is 4. The number of fused-ring (bicyclic) bond motifs is 1. The van der Waals surface area contributed by atoms with Crippen molar-refractivity contribution < 1.29 is 5.11 Å². The van der Waals surface area contributed by atoms with Gasteiger partial charge in [-0.1, -0.05) is 12.8 Å². The summed E-state index contributed by atoms with van der Waals surface area (Å²) < 4.78 is 1.92. The fraction of sp³-hybridized carbons (Fsp3) is 0.278. The Morgan fingerprint density at radius 2 is 2.12 bits per heavy atom. The molecule has 0 radical (unpaired) electrons. The Bertz CT molecular complexity index is 942. The van der Waals surface area contributed by atoms with Crippen LogP contribution in [0.3, 0.4) is 0 Å². The number of rotatable bonds is 2. The molecule has 0 saturated heterocycles. The van der Waals surface area contributed by atoms with Crippen LogP contribution >= 0.6 is 0 Å². The third-order valence-electron chi connectivity index (χ3n) is 3.83. The predicted molar refractivity (Wildman–Crippen MR) is 93.6 cm³/mol. The summed E-state index contributed by atoms with van der Waals surface area (Å²) in [5.41, 5.74) is 7.05. The molecule has 6 nitrogen and oxygen atoms in total. The number of hydrogen-bond acceptors (Lipinski definition) is 5. The van der Waals surface area contributed by atoms with Gasteiger partial charge in [-0.05, 0) is 38.3 Å². The van der Waals surface area contributed by atoms with Gasteiger partial charge in [0.1, 0.15) is 17.1 Å². The van der Waals surface area contributed by atoms with Gasteiger partial charge in [-0.25, -0.2) is 9.97 Å². The molecule has 3 aromatic rings. The van der Waals surface area contributed by atoms with Gasteiger partial charge in [0.15, 0.2) is 0 Å². The van der Waals surface area contributed by atoms with Crippen LogP contribution in [0.1, 0.15) is 31.7 Å². The van der Waals surface area contributed by atoms with E-state index in [1.54, 1.807) is 13.1 Å². The molecule has 1 atom stereocenters. The van der Waals surface area contributed by atoms with Crippen LogP contribution < -0.4 is 5.73 Å². The summed E-state index contributed by atoms with van der Waals surface area (Å²) in [6.45, 7) is 5.45. The van der Waals surface area contributed by atoms with E-state index in [2.05, 4.69) is 26.8 Å². The Hall–Kier alpha value is -2.91. The normalized spacial score (nSPS) is 13.3. The summed E-state index contributed by atoms with van der Waals surface area (Å²) in [6.07, 6.45) is 4.22. The summed E-state index contributed by atoms with van der Waals surface area (Å²) in [6, 6.07) is 5.69. The molecular formula is C18H19N5O. The zero-order valence-electron chi connectivity index (χ0n) is 13.9. The third kappa shape index (κ3) is 3.21. The van der Waals surface area contributed by atoms with Gasteiger partial charge in [0.25, 0.3) is 0 Å². The summed E-state index contributed by atoms with van der Waals surface area (Å²) in [4.78, 5) is 12.7. The Morgan fingerprint density at radius 1 is 1.33 bits per heavy atom. The van der Waals surface area contributed by atoms with Crippen LogP contribution in [0.4, 0.5) is 5.95 Å². The van der Waals surface area contributed by atoms with Crippen LogP contribution in [0.15, 0.2) is 30.6 Å². The molecule has 0 bridgehead atoms. The molecule has 0 aliphatic rings. The molecule has 24 heavy (non-hydrogen) atoms. The van der Waals surface area contributed by atoms with Gasteiger partial charge in [0, 0.05) is 29.5 Å². The second-order valence-corrected chi connectivity index (χ2v) is 5.92. The average Bonchev–Trinajstić information content (AvgIpc) is 2.95. The SMILES string of the molecule is CC[C@](C)(O)C#Cc1cc2c(ccn2-c2cc(C)nc(N)n2)cn1. The van der Waals surface area contributed by atoms with Crippen molar-refractivity contribution in [3.05, 3.63) is 42.0 Å². The van der Waals surface area contributed by atoms with Gasteiger partial charge in [-0.15, -0.1) is 0 Å². The highest BCUT2D eigenvalue weighted by Crippen LogP contribution is 2.20. The first-order valence-electron chi connectivity index (χ1n) is 7.72. The fourth-order valence-electron chi connectivity index (χ4n) is 2.28. The van der Waals surface area contributed by atoms with Gasteiger partial charge >= 0.3 is 0 Å². The van der Waals surface area contributed by atoms with Gasteiger partial charge in [0.05, 0.1) is 5.52 Å². The predicted octanol–water partition coefficient (Wildman–Crippen LogP) is 2.22. The van der Waals surface area contributed by atoms with Crippen molar-refractivity contribution in [2.45, 2.75) is 32.8 Å². The zero-order valence-corrected chi connectivity index (χ0v) is 13.9. The van der Waals surface area contributed by atoms with E-state index < -0.39 is 5.60 Å². The van der Waals surface area contributed by atoms with Crippen LogP contribution in [0.25, 0.3) is 16.7 Å². The van der Waals surface area contributed by atoms with Gasteiger partial charge < -0.3 is 15.4 Å². The number of aryl methyl sites for hydroxylation is 1. The number of anilines is 1. The quantitative estimate of drug-likeness (QED) is 0.706. The van der Waals surface area contributed by atoms with Crippen molar-refractivity contribution in [2.75, 3.05) is 5.73 Å².